The molecule has 3 nitrogen and oxygen atoms in total. The van der Waals surface area contributed by atoms with Crippen molar-refractivity contribution < 1.29 is 4.79 Å². The first-order valence-corrected chi connectivity index (χ1v) is 5.57. The molecule has 1 aliphatic heterocycles. The largest absolute Gasteiger partial charge is 0.358 e. The van der Waals surface area contributed by atoms with E-state index in [2.05, 4.69) is 23.6 Å². The average Bonchev–Trinajstić information content (AvgIpc) is 2.74. The lowest BCUT2D eigenvalue weighted by Gasteiger charge is -2.19. The summed E-state index contributed by atoms with van der Waals surface area (Å²) in [7, 11) is 0. The van der Waals surface area contributed by atoms with Crippen molar-refractivity contribution in [1.82, 2.24) is 10.6 Å². The summed E-state index contributed by atoms with van der Waals surface area (Å²) in [6.45, 7) is 2.14. The van der Waals surface area contributed by atoms with Crippen LogP contribution in [0.25, 0.3) is 0 Å². The second-order valence-corrected chi connectivity index (χ2v) is 4.27. The topological polar surface area (TPSA) is 41.1 Å². The Kier molecular flexibility index (Phi) is 2.48. The first-order valence-electron chi connectivity index (χ1n) is 5.57. The number of allylic oxidation sites excluding steroid dienone is 1. The predicted octanol–water partition coefficient (Wildman–Crippen LogP) is 1.66. The fourth-order valence-electron chi connectivity index (χ4n) is 2.31. The lowest BCUT2D eigenvalue weighted by atomic mass is 9.99. The van der Waals surface area contributed by atoms with E-state index in [1.807, 2.05) is 0 Å². The Morgan fingerprint density at radius 3 is 2.79 bits per heavy atom. The maximum atomic E-state index is 11.8. The molecule has 2 fully saturated rings. The number of carbonyl (C=O) groups excluding carboxylic acids is 1. The third kappa shape index (κ3) is 1.51. The van der Waals surface area contributed by atoms with Gasteiger partial charge in [-0.1, -0.05) is 26.2 Å². The Morgan fingerprint density at radius 1 is 1.43 bits per heavy atom. The number of carbonyl (C=O) groups is 1. The highest BCUT2D eigenvalue weighted by Gasteiger charge is 2.45. The summed E-state index contributed by atoms with van der Waals surface area (Å²) in [5.74, 6) is 1.11. The lowest BCUT2D eigenvalue weighted by Crippen LogP contribution is -2.43. The second kappa shape index (κ2) is 3.64. The van der Waals surface area contributed by atoms with Crippen LogP contribution >= 0.6 is 0 Å². The van der Waals surface area contributed by atoms with Crippen LogP contribution < -0.4 is 10.6 Å². The molecule has 1 heterocycles. The monoisotopic (exact) mass is 194 g/mol. The van der Waals surface area contributed by atoms with Crippen molar-refractivity contribution >= 4 is 5.91 Å². The molecule has 3 heteroatoms. The number of rotatable bonds is 2. The molecule has 78 valence electrons. The minimum Gasteiger partial charge on any atom is -0.358 e. The molecule has 0 radical (unpaired) electrons. The van der Waals surface area contributed by atoms with Gasteiger partial charge < -0.3 is 10.6 Å². The molecular formula is C11H18N2O. The van der Waals surface area contributed by atoms with Crippen molar-refractivity contribution in [3.05, 3.63) is 11.9 Å². The Hall–Kier alpha value is -0.990. The highest BCUT2D eigenvalue weighted by atomic mass is 16.2. The molecule has 0 aromatic carbocycles. The molecule has 2 rings (SSSR count). The van der Waals surface area contributed by atoms with E-state index < -0.39 is 0 Å². The van der Waals surface area contributed by atoms with Gasteiger partial charge in [0.1, 0.15) is 11.4 Å². The molecule has 0 atom stereocenters. The van der Waals surface area contributed by atoms with Crippen LogP contribution in [0.5, 0.6) is 0 Å². The van der Waals surface area contributed by atoms with Gasteiger partial charge in [-0.15, -0.1) is 0 Å². The first-order chi connectivity index (χ1) is 6.77. The summed E-state index contributed by atoms with van der Waals surface area (Å²) in [6, 6.07) is 0. The van der Waals surface area contributed by atoms with Crippen molar-refractivity contribution in [3.63, 3.8) is 0 Å². The lowest BCUT2D eigenvalue weighted by molar-refractivity contribution is -0.123. The molecule has 0 aromatic rings. The van der Waals surface area contributed by atoms with Gasteiger partial charge in [0.05, 0.1) is 0 Å². The van der Waals surface area contributed by atoms with E-state index in [1.165, 1.54) is 12.8 Å². The zero-order chi connectivity index (χ0) is 10.0. The van der Waals surface area contributed by atoms with E-state index in [1.54, 1.807) is 0 Å². The van der Waals surface area contributed by atoms with Gasteiger partial charge in [0, 0.05) is 0 Å². The third-order valence-corrected chi connectivity index (χ3v) is 3.15. The summed E-state index contributed by atoms with van der Waals surface area (Å²) in [5.41, 5.74) is -0.250. The molecule has 0 bridgehead atoms. The van der Waals surface area contributed by atoms with E-state index in [4.69, 9.17) is 0 Å². The van der Waals surface area contributed by atoms with Gasteiger partial charge in [-0.05, 0) is 25.3 Å². The molecule has 1 saturated heterocycles. The van der Waals surface area contributed by atoms with Gasteiger partial charge in [0.2, 0.25) is 0 Å². The van der Waals surface area contributed by atoms with E-state index >= 15 is 0 Å². The van der Waals surface area contributed by atoms with Crippen LogP contribution in [0, 0.1) is 0 Å². The molecule has 2 N–H and O–H groups in total. The second-order valence-electron chi connectivity index (χ2n) is 4.27. The van der Waals surface area contributed by atoms with Gasteiger partial charge in [-0.25, -0.2) is 0 Å². The van der Waals surface area contributed by atoms with Crippen molar-refractivity contribution in [3.8, 4) is 0 Å². The van der Waals surface area contributed by atoms with Crippen LogP contribution in [0.2, 0.25) is 0 Å². The first kappa shape index (κ1) is 9.56. The maximum absolute atomic E-state index is 11.8. The van der Waals surface area contributed by atoms with Crippen molar-refractivity contribution in [1.29, 1.82) is 0 Å². The molecule has 1 spiro atoms. The summed E-state index contributed by atoms with van der Waals surface area (Å²) in [4.78, 5) is 11.8. The zero-order valence-electron chi connectivity index (χ0n) is 8.73. The van der Waals surface area contributed by atoms with Crippen LogP contribution in [-0.2, 0) is 4.79 Å². The quantitative estimate of drug-likeness (QED) is 0.702. The summed E-state index contributed by atoms with van der Waals surface area (Å²) in [6.07, 6.45) is 8.55. The molecule has 14 heavy (non-hydrogen) atoms. The molecular weight excluding hydrogens is 176 g/mol. The highest BCUT2D eigenvalue weighted by Crippen LogP contribution is 2.33. The van der Waals surface area contributed by atoms with Crippen molar-refractivity contribution in [2.24, 2.45) is 0 Å². The van der Waals surface area contributed by atoms with E-state index in [0.717, 1.165) is 31.5 Å². The summed E-state index contributed by atoms with van der Waals surface area (Å²) >= 11 is 0. The zero-order valence-corrected chi connectivity index (χ0v) is 8.73. The van der Waals surface area contributed by atoms with Gasteiger partial charge in [-0.2, -0.15) is 0 Å². The van der Waals surface area contributed by atoms with E-state index in [9.17, 15) is 4.79 Å². The third-order valence-electron chi connectivity index (χ3n) is 3.15. The normalized spacial score (nSPS) is 26.9. The molecule has 2 aliphatic rings. The fourth-order valence-corrected chi connectivity index (χ4v) is 2.31. The minimum atomic E-state index is -0.250. The van der Waals surface area contributed by atoms with Gasteiger partial charge >= 0.3 is 0 Å². The Balaban J connectivity index is 2.06. The molecule has 1 saturated carbocycles. The number of hydrogen-bond acceptors (Lipinski definition) is 2. The van der Waals surface area contributed by atoms with Crippen LogP contribution in [0.3, 0.4) is 0 Å². The average molecular weight is 194 g/mol. The molecule has 1 aliphatic carbocycles. The number of amides is 1. The fraction of sp³-hybridized carbons (Fsp3) is 0.727. The van der Waals surface area contributed by atoms with Gasteiger partial charge in [0.15, 0.2) is 0 Å². The Bertz CT molecular complexity index is 264. The number of unbranched alkanes of at least 4 members (excludes halogenated alkanes) is 1. The van der Waals surface area contributed by atoms with Crippen LogP contribution in [0.15, 0.2) is 11.9 Å². The SMILES string of the molecule is CCC/C=C1\NC(=O)C2(CCCC2)N1. The Morgan fingerprint density at radius 2 is 2.14 bits per heavy atom. The number of hydrogen-bond donors (Lipinski definition) is 2. The predicted molar refractivity (Wildman–Crippen MR) is 55.5 cm³/mol. The summed E-state index contributed by atoms with van der Waals surface area (Å²) in [5, 5.41) is 6.28. The van der Waals surface area contributed by atoms with Gasteiger partial charge in [-0.3, -0.25) is 4.79 Å². The highest BCUT2D eigenvalue weighted by molar-refractivity contribution is 5.91. The molecule has 0 unspecified atom stereocenters. The van der Waals surface area contributed by atoms with Crippen LogP contribution in [-0.4, -0.2) is 11.4 Å². The molecule has 1 amide bonds. The van der Waals surface area contributed by atoms with E-state index in [0.29, 0.717) is 0 Å². The standard InChI is InChI=1S/C11H18N2O/c1-2-3-6-9-12-10(14)11(13-9)7-4-5-8-11/h6,13H,2-5,7-8H2,1H3,(H,12,14)/b9-6+. The smallest absolute Gasteiger partial charge is 0.251 e. The van der Waals surface area contributed by atoms with E-state index in [-0.39, 0.29) is 11.4 Å². The van der Waals surface area contributed by atoms with Gasteiger partial charge in [0.25, 0.3) is 5.91 Å². The van der Waals surface area contributed by atoms with Crippen LogP contribution in [0.4, 0.5) is 0 Å². The minimum absolute atomic E-state index is 0.178. The van der Waals surface area contributed by atoms with Crippen LogP contribution in [0.1, 0.15) is 45.4 Å². The van der Waals surface area contributed by atoms with Crippen molar-refractivity contribution in [2.45, 2.75) is 51.0 Å². The number of nitrogens with one attached hydrogen (secondary N) is 2. The summed E-state index contributed by atoms with van der Waals surface area (Å²) < 4.78 is 0. The maximum Gasteiger partial charge on any atom is 0.251 e. The van der Waals surface area contributed by atoms with Crippen molar-refractivity contribution in [2.75, 3.05) is 0 Å². The Labute approximate surface area is 84.9 Å². The molecule has 0 aromatic heterocycles.